The minimum Gasteiger partial charge on any atom is -0.463 e. The summed E-state index contributed by atoms with van der Waals surface area (Å²) < 4.78 is 44.3. The van der Waals surface area contributed by atoms with Crippen molar-refractivity contribution in [3.05, 3.63) is 0 Å². The third-order valence-electron chi connectivity index (χ3n) is 5.32. The molecule has 2 aliphatic rings. The highest BCUT2D eigenvalue weighted by Gasteiger charge is 2.63. The molecule has 2 aliphatic heterocycles. The first-order valence-electron chi connectivity index (χ1n) is 11.3. The number of hydrogen-bond acceptors (Lipinski definition) is 13. The molecule has 0 aromatic heterocycles. The van der Waals surface area contributed by atoms with E-state index >= 15 is 0 Å². The molecule has 0 spiro atoms. The second kappa shape index (κ2) is 13.9. The van der Waals surface area contributed by atoms with Crippen LogP contribution in [-0.4, -0.2) is 102 Å². The molecule has 2 saturated heterocycles. The van der Waals surface area contributed by atoms with E-state index in [4.69, 9.17) is 72.7 Å². The van der Waals surface area contributed by atoms with Crippen molar-refractivity contribution in [1.82, 2.24) is 0 Å². The number of hydrogen-bond donors (Lipinski definition) is 0. The van der Waals surface area contributed by atoms with Crippen molar-refractivity contribution in [3.63, 3.8) is 0 Å². The van der Waals surface area contributed by atoms with Gasteiger partial charge in [0.05, 0.1) is 11.8 Å². The fourth-order valence-electron chi connectivity index (χ4n) is 3.99. The highest BCUT2D eigenvalue weighted by molar-refractivity contribution is 6.21. The van der Waals surface area contributed by atoms with Crippen LogP contribution in [0.1, 0.15) is 34.6 Å². The van der Waals surface area contributed by atoms with Crippen LogP contribution < -0.4 is 0 Å². The predicted octanol–water partition coefficient (Wildman–Crippen LogP) is 1.20. The molecule has 0 saturated carbocycles. The summed E-state index contributed by atoms with van der Waals surface area (Å²) in [5, 5.41) is -1.17. The van der Waals surface area contributed by atoms with Gasteiger partial charge in [0.2, 0.25) is 12.1 Å². The zero-order chi connectivity index (χ0) is 28.8. The third kappa shape index (κ3) is 8.06. The molecule has 0 amide bonds. The number of esters is 5. The van der Waals surface area contributed by atoms with Gasteiger partial charge in [0, 0.05) is 34.6 Å². The third-order valence-corrected chi connectivity index (χ3v) is 6.53. The largest absolute Gasteiger partial charge is 0.463 e. The Labute approximate surface area is 233 Å². The molecule has 2 heterocycles. The van der Waals surface area contributed by atoms with Crippen molar-refractivity contribution in [2.24, 2.45) is 0 Å². The van der Waals surface area contributed by atoms with Gasteiger partial charge in [-0.15, -0.1) is 34.8 Å². The Morgan fingerprint density at radius 3 is 1.74 bits per heavy atom. The Balaban J connectivity index is 2.55. The molecule has 0 N–H and O–H groups in total. The summed E-state index contributed by atoms with van der Waals surface area (Å²) >= 11 is 18.8. The van der Waals surface area contributed by atoms with Crippen molar-refractivity contribution < 1.29 is 61.9 Å². The number of ether oxygens (including phenoxy) is 8. The highest BCUT2D eigenvalue weighted by atomic mass is 35.5. The van der Waals surface area contributed by atoms with Crippen LogP contribution in [-0.2, 0) is 61.9 Å². The van der Waals surface area contributed by atoms with Crippen LogP contribution in [0.25, 0.3) is 0 Å². The first-order valence-corrected chi connectivity index (χ1v) is 12.8. The molecule has 0 aromatic rings. The first kappa shape index (κ1) is 32.3. The summed E-state index contributed by atoms with van der Waals surface area (Å²) in [5.74, 6) is -6.59. The smallest absolute Gasteiger partial charge is 0.303 e. The van der Waals surface area contributed by atoms with Crippen LogP contribution in [0, 0.1) is 0 Å². The van der Waals surface area contributed by atoms with Gasteiger partial charge in [-0.2, -0.15) is 0 Å². The van der Waals surface area contributed by atoms with Gasteiger partial charge in [0.1, 0.15) is 24.2 Å². The Kier molecular flexibility index (Phi) is 11.9. The zero-order valence-electron chi connectivity index (χ0n) is 21.2. The van der Waals surface area contributed by atoms with Crippen molar-refractivity contribution in [2.45, 2.75) is 88.7 Å². The summed E-state index contributed by atoms with van der Waals surface area (Å²) in [6.45, 7) is 5.18. The van der Waals surface area contributed by atoms with Crippen LogP contribution in [0.2, 0.25) is 0 Å². The van der Waals surface area contributed by atoms with E-state index < -0.39 is 96.4 Å². The van der Waals surface area contributed by atoms with E-state index in [1.54, 1.807) is 0 Å². The van der Waals surface area contributed by atoms with Gasteiger partial charge in [0.15, 0.2) is 24.4 Å². The quantitative estimate of drug-likeness (QED) is 0.198. The molecular weight excluding hydrogens is 579 g/mol. The highest BCUT2D eigenvalue weighted by Crippen LogP contribution is 2.42. The number of rotatable bonds is 10. The molecule has 2 fully saturated rings. The number of carbonyl (C=O) groups excluding carboxylic acids is 5. The van der Waals surface area contributed by atoms with Crippen LogP contribution in [0.3, 0.4) is 0 Å². The van der Waals surface area contributed by atoms with Gasteiger partial charge < -0.3 is 37.9 Å². The lowest BCUT2D eigenvalue weighted by molar-refractivity contribution is -0.359. The lowest BCUT2D eigenvalue weighted by Crippen LogP contribution is -2.63. The van der Waals surface area contributed by atoms with Gasteiger partial charge in [-0.1, -0.05) is 0 Å². The van der Waals surface area contributed by atoms with E-state index in [0.717, 1.165) is 34.6 Å². The van der Waals surface area contributed by atoms with Gasteiger partial charge in [-0.25, -0.2) is 0 Å². The molecule has 9 atom stereocenters. The average Bonchev–Trinajstić information content (AvgIpc) is 3.08. The molecule has 13 nitrogen and oxygen atoms in total. The maximum atomic E-state index is 12.0. The second-order valence-corrected chi connectivity index (χ2v) is 9.50. The molecule has 0 radical (unpaired) electrons. The van der Waals surface area contributed by atoms with Gasteiger partial charge in [0.25, 0.3) is 0 Å². The van der Waals surface area contributed by atoms with E-state index in [9.17, 15) is 24.0 Å². The van der Waals surface area contributed by atoms with E-state index in [1.807, 2.05) is 0 Å². The van der Waals surface area contributed by atoms with E-state index in [1.165, 1.54) is 0 Å². The summed E-state index contributed by atoms with van der Waals surface area (Å²) in [6.07, 6.45) is -9.38. The Morgan fingerprint density at radius 2 is 1.26 bits per heavy atom. The SMILES string of the molecule is CC(=O)OC[C@H]1O[C@H](O[C@@]2(CCl)O[C@@H](CCl)[C@@H](OC(C)=O)[C@H]2OC(C)=O)[C@@H](OC(C)=O)[C@H](OC(C)=O)[C@@H]1Cl. The molecule has 0 aromatic carbocycles. The minimum atomic E-state index is -2.07. The van der Waals surface area contributed by atoms with Crippen molar-refractivity contribution in [1.29, 1.82) is 0 Å². The minimum absolute atomic E-state index is 0.231. The zero-order valence-corrected chi connectivity index (χ0v) is 23.4. The van der Waals surface area contributed by atoms with Gasteiger partial charge in [-0.3, -0.25) is 24.0 Å². The van der Waals surface area contributed by atoms with Crippen LogP contribution in [0.15, 0.2) is 0 Å². The maximum Gasteiger partial charge on any atom is 0.303 e. The van der Waals surface area contributed by atoms with E-state index in [2.05, 4.69) is 0 Å². The number of carbonyl (C=O) groups is 5. The second-order valence-electron chi connectivity index (χ2n) is 8.42. The van der Waals surface area contributed by atoms with Crippen LogP contribution in [0.5, 0.6) is 0 Å². The van der Waals surface area contributed by atoms with Crippen LogP contribution in [0.4, 0.5) is 0 Å². The molecule has 16 heteroatoms. The summed E-state index contributed by atoms with van der Waals surface area (Å²) in [4.78, 5) is 59.0. The summed E-state index contributed by atoms with van der Waals surface area (Å²) in [7, 11) is 0. The lowest BCUT2D eigenvalue weighted by atomic mass is 10.0. The maximum absolute atomic E-state index is 12.0. The van der Waals surface area contributed by atoms with Crippen molar-refractivity contribution >= 4 is 64.6 Å². The molecule has 216 valence electrons. The van der Waals surface area contributed by atoms with E-state index in [0.29, 0.717) is 0 Å². The molecule has 38 heavy (non-hydrogen) atoms. The van der Waals surface area contributed by atoms with E-state index in [-0.39, 0.29) is 5.88 Å². The molecule has 0 unspecified atom stereocenters. The van der Waals surface area contributed by atoms with Crippen LogP contribution >= 0.6 is 34.8 Å². The predicted molar refractivity (Wildman–Crippen MR) is 127 cm³/mol. The number of alkyl halides is 3. The average molecular weight is 608 g/mol. The summed E-state index contributed by atoms with van der Waals surface area (Å²) in [5.41, 5.74) is 0. The lowest BCUT2D eigenvalue weighted by Gasteiger charge is -2.45. The summed E-state index contributed by atoms with van der Waals surface area (Å²) in [6, 6.07) is 0. The number of halogens is 3. The molecule has 2 rings (SSSR count). The van der Waals surface area contributed by atoms with Crippen molar-refractivity contribution in [3.8, 4) is 0 Å². The molecule has 0 bridgehead atoms. The Morgan fingerprint density at radius 1 is 0.737 bits per heavy atom. The van der Waals surface area contributed by atoms with Gasteiger partial charge >= 0.3 is 29.8 Å². The first-order chi connectivity index (χ1) is 17.7. The Hall–Kier alpha value is -1.90. The monoisotopic (exact) mass is 606 g/mol. The molecular formula is C22H29Cl3O13. The fourth-order valence-corrected chi connectivity index (χ4v) is 4.83. The Bertz CT molecular complexity index is 902. The van der Waals surface area contributed by atoms with Gasteiger partial charge in [-0.05, 0) is 0 Å². The standard InChI is InChI=1S/C22H29Cl3O13/c1-9(26)31-7-15-16(25)18(33-11(3)28)19(34-12(4)29)21(36-15)38-22(8-24)20(35-13(5)30)17(32-10(2)27)14(6-23)37-22/h14-21H,6-8H2,1-5H3/t14-,15+,16+,17+,18+,19-,20+,21+,22+/m0/s1. The normalized spacial score (nSPS) is 34.6. The fraction of sp³-hybridized carbons (Fsp3) is 0.773. The molecule has 0 aliphatic carbocycles. The van der Waals surface area contributed by atoms with Crippen molar-refractivity contribution in [2.75, 3.05) is 18.4 Å². The topological polar surface area (TPSA) is 159 Å².